The van der Waals surface area contributed by atoms with E-state index in [9.17, 15) is 14.4 Å². The van der Waals surface area contributed by atoms with Gasteiger partial charge in [0, 0.05) is 12.8 Å². The minimum absolute atomic E-state index is 0.0990. The number of amides is 2. The summed E-state index contributed by atoms with van der Waals surface area (Å²) in [5.41, 5.74) is 10.2. The lowest BCUT2D eigenvalue weighted by Gasteiger charge is -2.10. The first kappa shape index (κ1) is 59.7. The highest BCUT2D eigenvalue weighted by molar-refractivity contribution is 5.73. The molecule has 1 unspecified atom stereocenters. The van der Waals surface area contributed by atoms with Crippen LogP contribution in [0, 0.1) is 5.92 Å². The fraction of sp³-hybridized carbons (Fsp3) is 0.941. The number of primary amides is 2. The van der Waals surface area contributed by atoms with Crippen molar-refractivity contribution in [2.75, 3.05) is 0 Å². The second kappa shape index (κ2) is 54.4. The van der Waals surface area contributed by atoms with Crippen molar-refractivity contribution in [2.24, 2.45) is 17.4 Å². The van der Waals surface area contributed by atoms with Crippen molar-refractivity contribution in [3.8, 4) is 0 Å². The maximum atomic E-state index is 11.0. The van der Waals surface area contributed by atoms with Gasteiger partial charge >= 0.3 is 5.97 Å². The Balaban J connectivity index is -0.000000771. The van der Waals surface area contributed by atoms with Gasteiger partial charge in [-0.3, -0.25) is 14.4 Å². The molecule has 0 aliphatic heterocycles. The molecule has 6 nitrogen and oxygen atoms in total. The first-order valence-corrected chi connectivity index (χ1v) is 25.6. The van der Waals surface area contributed by atoms with Gasteiger partial charge in [0.05, 0.1) is 5.92 Å². The van der Waals surface area contributed by atoms with E-state index in [-0.39, 0.29) is 17.7 Å². The molecule has 0 fully saturated rings. The van der Waals surface area contributed by atoms with Crippen molar-refractivity contribution < 1.29 is 19.5 Å². The van der Waals surface area contributed by atoms with E-state index in [2.05, 4.69) is 27.7 Å². The Kier molecular flexibility index (Phi) is 57.0. The number of aliphatic carboxylic acids is 1. The van der Waals surface area contributed by atoms with Gasteiger partial charge in [-0.05, 0) is 25.7 Å². The SMILES string of the molecule is CCCCCCCCCCCCCCC(CCC)C(=O)O.CCCCCCCCCCCCCCCC(N)=O.CCCCCCCCCCCCCCCC(N)=O. The summed E-state index contributed by atoms with van der Waals surface area (Å²) in [5, 5.41) is 9.08. The summed E-state index contributed by atoms with van der Waals surface area (Å²) in [4.78, 5) is 32.1. The fourth-order valence-electron chi connectivity index (χ4n) is 7.61. The van der Waals surface area contributed by atoms with Gasteiger partial charge in [-0.1, -0.05) is 265 Å². The van der Waals surface area contributed by atoms with Gasteiger partial charge in [0.25, 0.3) is 0 Å². The molecule has 0 radical (unpaired) electrons. The molecule has 0 rings (SSSR count). The summed E-state index contributed by atoms with van der Waals surface area (Å²) in [6.45, 7) is 8.87. The Bertz CT molecular complexity index is 749. The van der Waals surface area contributed by atoms with E-state index in [1.165, 1.54) is 225 Å². The lowest BCUT2D eigenvalue weighted by molar-refractivity contribution is -0.142. The van der Waals surface area contributed by atoms with E-state index in [0.717, 1.165) is 38.5 Å². The van der Waals surface area contributed by atoms with Crippen LogP contribution in [0.5, 0.6) is 0 Å². The Labute approximate surface area is 357 Å². The standard InChI is InChI=1S/C19H38O2.2C16H33NO/c1-3-5-6-7-8-9-10-11-12-13-14-15-17-18(16-4-2)19(20)21;2*1-2-3-4-5-6-7-8-9-10-11-12-13-14-15-16(17)18/h18H,3-17H2,1-2H3,(H,20,21);2*2-15H2,1H3,(H2,17,18). The molecule has 0 aromatic carbocycles. The highest BCUT2D eigenvalue weighted by atomic mass is 16.4. The number of nitrogens with two attached hydrogens (primary N) is 2. The third kappa shape index (κ3) is 61.2. The van der Waals surface area contributed by atoms with Crippen molar-refractivity contribution in [3.05, 3.63) is 0 Å². The first-order chi connectivity index (χ1) is 27.8. The van der Waals surface area contributed by atoms with E-state index in [1.807, 2.05) is 0 Å². The number of carboxylic acids is 1. The number of hydrogen-bond donors (Lipinski definition) is 3. The van der Waals surface area contributed by atoms with Crippen LogP contribution >= 0.6 is 0 Å². The lowest BCUT2D eigenvalue weighted by Crippen LogP contribution is -2.13. The number of carboxylic acid groups (broad SMARTS) is 1. The van der Waals surface area contributed by atoms with Crippen LogP contribution in [0.15, 0.2) is 0 Å². The van der Waals surface area contributed by atoms with E-state index in [0.29, 0.717) is 12.8 Å². The van der Waals surface area contributed by atoms with Crippen LogP contribution in [-0.2, 0) is 14.4 Å². The van der Waals surface area contributed by atoms with Crippen molar-refractivity contribution in [3.63, 3.8) is 0 Å². The lowest BCUT2D eigenvalue weighted by atomic mass is 9.96. The third-order valence-electron chi connectivity index (χ3n) is 11.4. The zero-order valence-corrected chi connectivity index (χ0v) is 39.3. The number of hydrogen-bond acceptors (Lipinski definition) is 3. The summed E-state index contributed by atoms with van der Waals surface area (Å²) < 4.78 is 0. The van der Waals surface area contributed by atoms with Crippen LogP contribution in [0.3, 0.4) is 0 Å². The summed E-state index contributed by atoms with van der Waals surface area (Å²) in [7, 11) is 0. The molecule has 0 aliphatic carbocycles. The average molecular weight is 809 g/mol. The zero-order chi connectivity index (χ0) is 42.7. The summed E-state index contributed by atoms with van der Waals surface area (Å²) in [5.74, 6) is -1.01. The Morgan fingerprint density at radius 1 is 0.316 bits per heavy atom. The van der Waals surface area contributed by atoms with Crippen LogP contribution in [0.1, 0.15) is 304 Å². The molecule has 0 saturated carbocycles. The molecular formula is C51H104N2O4. The van der Waals surface area contributed by atoms with Crippen LogP contribution in [-0.4, -0.2) is 22.9 Å². The molecule has 0 spiro atoms. The zero-order valence-electron chi connectivity index (χ0n) is 39.3. The fourth-order valence-corrected chi connectivity index (χ4v) is 7.61. The van der Waals surface area contributed by atoms with Gasteiger partial charge < -0.3 is 16.6 Å². The van der Waals surface area contributed by atoms with Gasteiger partial charge in [0.15, 0.2) is 0 Å². The van der Waals surface area contributed by atoms with Gasteiger partial charge in [-0.15, -0.1) is 0 Å². The molecule has 5 N–H and O–H groups in total. The second-order valence-electron chi connectivity index (χ2n) is 17.4. The largest absolute Gasteiger partial charge is 0.481 e. The molecule has 0 heterocycles. The highest BCUT2D eigenvalue weighted by Crippen LogP contribution is 2.18. The number of rotatable bonds is 44. The second-order valence-corrected chi connectivity index (χ2v) is 17.4. The predicted octanol–water partition coefficient (Wildman–Crippen LogP) is 16.5. The van der Waals surface area contributed by atoms with E-state index in [4.69, 9.17) is 16.6 Å². The highest BCUT2D eigenvalue weighted by Gasteiger charge is 2.15. The molecule has 6 heteroatoms. The van der Waals surface area contributed by atoms with E-state index >= 15 is 0 Å². The molecular weight excluding hydrogens is 705 g/mol. The molecule has 0 bridgehead atoms. The normalized spacial score (nSPS) is 11.4. The smallest absolute Gasteiger partial charge is 0.306 e. The Hall–Kier alpha value is -1.59. The van der Waals surface area contributed by atoms with Crippen molar-refractivity contribution in [1.82, 2.24) is 0 Å². The van der Waals surface area contributed by atoms with Crippen molar-refractivity contribution >= 4 is 17.8 Å². The summed E-state index contributed by atoms with van der Waals surface area (Å²) in [6, 6.07) is 0. The van der Waals surface area contributed by atoms with Gasteiger partial charge in [-0.25, -0.2) is 0 Å². The predicted molar refractivity (Wildman–Crippen MR) is 251 cm³/mol. The molecule has 2 amide bonds. The van der Waals surface area contributed by atoms with E-state index < -0.39 is 5.97 Å². The number of unbranched alkanes of at least 4 members (excludes halogenated alkanes) is 35. The molecule has 57 heavy (non-hydrogen) atoms. The third-order valence-corrected chi connectivity index (χ3v) is 11.4. The van der Waals surface area contributed by atoms with Crippen LogP contribution in [0.2, 0.25) is 0 Å². The topological polar surface area (TPSA) is 123 Å². The van der Waals surface area contributed by atoms with Crippen molar-refractivity contribution in [2.45, 2.75) is 304 Å². The molecule has 342 valence electrons. The van der Waals surface area contributed by atoms with Gasteiger partial charge in [0.1, 0.15) is 0 Å². The minimum atomic E-state index is -0.597. The monoisotopic (exact) mass is 809 g/mol. The number of carbonyl (C=O) groups excluding carboxylic acids is 2. The minimum Gasteiger partial charge on any atom is -0.481 e. The summed E-state index contributed by atoms with van der Waals surface area (Å²) >= 11 is 0. The molecule has 0 aromatic rings. The molecule has 0 saturated heterocycles. The first-order valence-electron chi connectivity index (χ1n) is 25.6. The van der Waals surface area contributed by atoms with Gasteiger partial charge in [-0.2, -0.15) is 0 Å². The van der Waals surface area contributed by atoms with Gasteiger partial charge in [0.2, 0.25) is 11.8 Å². The maximum absolute atomic E-state index is 11.0. The van der Waals surface area contributed by atoms with Crippen LogP contribution < -0.4 is 11.5 Å². The maximum Gasteiger partial charge on any atom is 0.306 e. The van der Waals surface area contributed by atoms with Crippen molar-refractivity contribution in [1.29, 1.82) is 0 Å². The quantitative estimate of drug-likeness (QED) is 0.0530. The van der Waals surface area contributed by atoms with Crippen LogP contribution in [0.25, 0.3) is 0 Å². The Morgan fingerprint density at radius 3 is 0.719 bits per heavy atom. The average Bonchev–Trinajstić information content (AvgIpc) is 3.18. The number of carbonyl (C=O) groups is 3. The molecule has 1 atom stereocenters. The Morgan fingerprint density at radius 2 is 0.526 bits per heavy atom. The molecule has 0 aliphatic rings. The van der Waals surface area contributed by atoms with Crippen LogP contribution in [0.4, 0.5) is 0 Å². The van der Waals surface area contributed by atoms with E-state index in [1.54, 1.807) is 0 Å². The summed E-state index contributed by atoms with van der Waals surface area (Å²) in [6.07, 6.45) is 54.6. The molecule has 0 aromatic heterocycles.